The van der Waals surface area contributed by atoms with E-state index >= 15 is 0 Å². The van der Waals surface area contributed by atoms with Crippen LogP contribution in [0.3, 0.4) is 0 Å². The highest BCUT2D eigenvalue weighted by Crippen LogP contribution is 2.27. The van der Waals surface area contributed by atoms with Crippen LogP contribution in [-0.4, -0.2) is 9.97 Å². The van der Waals surface area contributed by atoms with Crippen molar-refractivity contribution in [2.75, 3.05) is 11.1 Å². The summed E-state index contributed by atoms with van der Waals surface area (Å²) in [6.45, 7) is 0.105. The first-order valence-electron chi connectivity index (χ1n) is 5.65. The molecule has 0 unspecified atom stereocenters. The molecule has 1 aromatic carbocycles. The van der Waals surface area contributed by atoms with Gasteiger partial charge in [0.1, 0.15) is 17.5 Å². The Kier molecular flexibility index (Phi) is 4.17. The summed E-state index contributed by atoms with van der Waals surface area (Å²) < 4.78 is 50.6. The summed E-state index contributed by atoms with van der Waals surface area (Å²) in [6, 6.07) is 5.14. The fourth-order valence-corrected chi connectivity index (χ4v) is 1.73. The van der Waals surface area contributed by atoms with Crippen LogP contribution in [0.1, 0.15) is 11.4 Å². The van der Waals surface area contributed by atoms with Gasteiger partial charge in [-0.3, -0.25) is 0 Å². The molecule has 0 saturated carbocycles. The van der Waals surface area contributed by atoms with Gasteiger partial charge in [-0.15, -0.1) is 0 Å². The maximum Gasteiger partial charge on any atom is 0.451 e. The average molecular weight is 321 g/mol. The van der Waals surface area contributed by atoms with Crippen LogP contribution in [-0.2, 0) is 12.7 Å². The molecular weight excluding hydrogens is 312 g/mol. The number of alkyl halides is 3. The van der Waals surface area contributed by atoms with Gasteiger partial charge in [-0.25, -0.2) is 14.4 Å². The predicted octanol–water partition coefficient (Wildman–Crippen LogP) is 3.48. The third-order valence-corrected chi connectivity index (χ3v) is 2.75. The Bertz CT molecular complexity index is 660. The van der Waals surface area contributed by atoms with Gasteiger partial charge < -0.3 is 11.1 Å². The molecule has 0 saturated heterocycles. The summed E-state index contributed by atoms with van der Waals surface area (Å²) in [4.78, 5) is 6.44. The van der Waals surface area contributed by atoms with E-state index in [4.69, 9.17) is 17.3 Å². The molecule has 3 N–H and O–H groups in total. The molecule has 0 bridgehead atoms. The molecule has 9 heteroatoms. The van der Waals surface area contributed by atoms with Crippen LogP contribution in [0.25, 0.3) is 0 Å². The van der Waals surface area contributed by atoms with Gasteiger partial charge in [0.05, 0.1) is 5.02 Å². The maximum atomic E-state index is 13.0. The fourth-order valence-electron chi connectivity index (χ4n) is 1.53. The molecule has 0 aliphatic carbocycles. The Labute approximate surface area is 122 Å². The standard InChI is InChI=1S/C12H9ClF4N4/c13-7-3-6(1-2-8(7)14)5-19-10-4-9(18)20-11(21-10)12(15,16)17/h1-4H,5H2,(H3,18,19,20,21). The van der Waals surface area contributed by atoms with Crippen LogP contribution in [0, 0.1) is 5.82 Å². The van der Waals surface area contributed by atoms with Crippen molar-refractivity contribution in [3.05, 3.63) is 46.5 Å². The van der Waals surface area contributed by atoms with Crippen LogP contribution in [0.5, 0.6) is 0 Å². The van der Waals surface area contributed by atoms with Gasteiger partial charge >= 0.3 is 6.18 Å². The van der Waals surface area contributed by atoms with Crippen molar-refractivity contribution in [2.24, 2.45) is 0 Å². The van der Waals surface area contributed by atoms with Gasteiger partial charge in [-0.2, -0.15) is 13.2 Å². The highest BCUT2D eigenvalue weighted by molar-refractivity contribution is 6.30. The van der Waals surface area contributed by atoms with Gasteiger partial charge in [-0.05, 0) is 17.7 Å². The van der Waals surface area contributed by atoms with E-state index in [1.54, 1.807) is 0 Å². The number of nitrogens with one attached hydrogen (secondary N) is 1. The highest BCUT2D eigenvalue weighted by atomic mass is 35.5. The Balaban J connectivity index is 2.16. The number of nitrogens with zero attached hydrogens (tertiary/aromatic N) is 2. The largest absolute Gasteiger partial charge is 0.451 e. The zero-order valence-electron chi connectivity index (χ0n) is 10.4. The topological polar surface area (TPSA) is 63.8 Å². The summed E-state index contributed by atoms with van der Waals surface area (Å²) in [5.74, 6) is -2.31. The minimum atomic E-state index is -4.69. The maximum absolute atomic E-state index is 13.0. The molecule has 0 fully saturated rings. The van der Waals surface area contributed by atoms with Gasteiger partial charge in [0.15, 0.2) is 0 Å². The van der Waals surface area contributed by atoms with E-state index in [0.717, 1.165) is 6.07 Å². The second-order valence-corrected chi connectivity index (χ2v) is 4.51. The third kappa shape index (κ3) is 3.94. The molecular formula is C12H9ClF4N4. The number of nitrogen functional groups attached to an aromatic ring is 1. The van der Waals surface area contributed by atoms with Gasteiger partial charge in [-0.1, -0.05) is 17.7 Å². The molecule has 0 aliphatic heterocycles. The smallest absolute Gasteiger partial charge is 0.384 e. The molecule has 1 heterocycles. The fraction of sp³-hybridized carbons (Fsp3) is 0.167. The Hall–Kier alpha value is -2.09. The summed E-state index contributed by atoms with van der Waals surface area (Å²) in [5, 5.41) is 2.57. The second kappa shape index (κ2) is 5.72. The first-order chi connectivity index (χ1) is 9.75. The molecule has 0 spiro atoms. The van der Waals surface area contributed by atoms with Crippen LogP contribution in [0.15, 0.2) is 24.3 Å². The predicted molar refractivity (Wildman–Crippen MR) is 70.2 cm³/mol. The third-order valence-electron chi connectivity index (χ3n) is 2.46. The first-order valence-corrected chi connectivity index (χ1v) is 6.03. The summed E-state index contributed by atoms with van der Waals surface area (Å²) in [7, 11) is 0. The van der Waals surface area contributed by atoms with E-state index in [0.29, 0.717) is 5.56 Å². The van der Waals surface area contributed by atoms with Crippen LogP contribution in [0.4, 0.5) is 29.2 Å². The number of hydrogen-bond acceptors (Lipinski definition) is 4. The van der Waals surface area contributed by atoms with E-state index in [1.807, 2.05) is 0 Å². The Morgan fingerprint density at radius 3 is 2.52 bits per heavy atom. The molecule has 112 valence electrons. The molecule has 0 amide bonds. The van der Waals surface area contributed by atoms with Crippen molar-refractivity contribution in [3.8, 4) is 0 Å². The van der Waals surface area contributed by atoms with Crippen molar-refractivity contribution >= 4 is 23.2 Å². The van der Waals surface area contributed by atoms with E-state index in [9.17, 15) is 17.6 Å². The first kappa shape index (κ1) is 15.3. The lowest BCUT2D eigenvalue weighted by atomic mass is 10.2. The number of rotatable bonds is 3. The van der Waals surface area contributed by atoms with E-state index in [-0.39, 0.29) is 23.2 Å². The molecule has 2 rings (SSSR count). The van der Waals surface area contributed by atoms with E-state index in [1.165, 1.54) is 18.2 Å². The van der Waals surface area contributed by atoms with Crippen molar-refractivity contribution < 1.29 is 17.6 Å². The number of nitrogens with two attached hydrogens (primary N) is 1. The lowest BCUT2D eigenvalue weighted by molar-refractivity contribution is -0.144. The lowest BCUT2D eigenvalue weighted by Gasteiger charge is -2.10. The van der Waals surface area contributed by atoms with E-state index < -0.39 is 17.8 Å². The Morgan fingerprint density at radius 2 is 1.90 bits per heavy atom. The zero-order valence-corrected chi connectivity index (χ0v) is 11.1. The van der Waals surface area contributed by atoms with Crippen molar-refractivity contribution in [2.45, 2.75) is 12.7 Å². The summed E-state index contributed by atoms with van der Waals surface area (Å²) in [6.07, 6.45) is -4.69. The van der Waals surface area contributed by atoms with Crippen LogP contribution in [0.2, 0.25) is 5.02 Å². The van der Waals surface area contributed by atoms with Crippen molar-refractivity contribution in [1.82, 2.24) is 9.97 Å². The summed E-state index contributed by atoms with van der Waals surface area (Å²) >= 11 is 5.61. The number of anilines is 2. The highest BCUT2D eigenvalue weighted by Gasteiger charge is 2.35. The number of aromatic nitrogens is 2. The molecule has 0 radical (unpaired) electrons. The SMILES string of the molecule is Nc1cc(NCc2ccc(F)c(Cl)c2)nc(C(F)(F)F)n1. The second-order valence-electron chi connectivity index (χ2n) is 4.10. The molecule has 2 aromatic rings. The zero-order chi connectivity index (χ0) is 15.6. The molecule has 0 atom stereocenters. The van der Waals surface area contributed by atoms with Gasteiger partial charge in [0, 0.05) is 12.6 Å². The molecule has 21 heavy (non-hydrogen) atoms. The molecule has 4 nitrogen and oxygen atoms in total. The number of benzene rings is 1. The quantitative estimate of drug-likeness (QED) is 0.850. The van der Waals surface area contributed by atoms with Crippen molar-refractivity contribution in [3.63, 3.8) is 0 Å². The lowest BCUT2D eigenvalue weighted by Crippen LogP contribution is -2.14. The minimum Gasteiger partial charge on any atom is -0.384 e. The number of halogens is 5. The van der Waals surface area contributed by atoms with Crippen LogP contribution < -0.4 is 11.1 Å². The monoisotopic (exact) mass is 320 g/mol. The summed E-state index contributed by atoms with van der Waals surface area (Å²) in [5.41, 5.74) is 5.88. The van der Waals surface area contributed by atoms with Gasteiger partial charge in [0.25, 0.3) is 0 Å². The Morgan fingerprint density at radius 1 is 1.19 bits per heavy atom. The minimum absolute atomic E-state index is 0.0764. The van der Waals surface area contributed by atoms with E-state index in [2.05, 4.69) is 15.3 Å². The average Bonchev–Trinajstić information content (AvgIpc) is 2.38. The van der Waals surface area contributed by atoms with Crippen LogP contribution >= 0.6 is 11.6 Å². The van der Waals surface area contributed by atoms with Crippen molar-refractivity contribution in [1.29, 1.82) is 0 Å². The number of hydrogen-bond donors (Lipinski definition) is 2. The van der Waals surface area contributed by atoms with Gasteiger partial charge in [0.2, 0.25) is 5.82 Å². The molecule has 0 aliphatic rings. The molecule has 1 aromatic heterocycles. The normalized spacial score (nSPS) is 11.5.